The summed E-state index contributed by atoms with van der Waals surface area (Å²) in [6.45, 7) is 17.9. The first-order valence-electron chi connectivity index (χ1n) is 24.9. The molecule has 0 amide bonds. The molecule has 12 heteroatoms. The molecule has 0 radical (unpaired) electrons. The Morgan fingerprint density at radius 3 is 1.37 bits per heavy atom. The third-order valence-electron chi connectivity index (χ3n) is 12.7. The lowest BCUT2D eigenvalue weighted by molar-refractivity contribution is -0.157. The van der Waals surface area contributed by atoms with Crippen LogP contribution in [0.2, 0.25) is 0 Å². The minimum absolute atomic E-state index is 0.0330. The minimum Gasteiger partial charge on any atom is -0.467 e. The van der Waals surface area contributed by atoms with E-state index in [1.807, 2.05) is 0 Å². The summed E-state index contributed by atoms with van der Waals surface area (Å²) in [6, 6.07) is 0. The molecule has 0 aromatic carbocycles. The maximum Gasteiger partial charge on any atom is 0.307 e. The fourth-order valence-corrected chi connectivity index (χ4v) is 8.22. The van der Waals surface area contributed by atoms with Crippen LogP contribution in [0.15, 0.2) is 0 Å². The van der Waals surface area contributed by atoms with Crippen molar-refractivity contribution in [1.82, 2.24) is 5.32 Å². The van der Waals surface area contributed by atoms with Crippen molar-refractivity contribution in [2.24, 2.45) is 46.3 Å². The molecule has 3 saturated carbocycles. The van der Waals surface area contributed by atoms with E-state index in [0.29, 0.717) is 31.9 Å². The van der Waals surface area contributed by atoms with Crippen LogP contribution >= 0.6 is 0 Å². The van der Waals surface area contributed by atoms with Gasteiger partial charge in [0.25, 0.3) is 6.47 Å². The van der Waals surface area contributed by atoms with Crippen LogP contribution in [-0.4, -0.2) is 95.6 Å². The molecule has 0 aromatic heterocycles. The maximum atomic E-state index is 12.3. The zero-order chi connectivity index (χ0) is 47.4. The first kappa shape index (κ1) is 60.4. The molecule has 3 aliphatic carbocycles. The molecule has 0 aliphatic heterocycles. The SMILES string of the molecule is CC1CCC(CCC=O)CC1.CCC.CCCC1CCC(C)CC1.COCC(C)(CO)COC(=O)CCNCCC(=O)OCC(C)(COC=O)COC(=O)CCC1CCC(C)CC1. The standard InChI is InChI=1S/C28H49NO10.C10H18O.C10H20.C3H8/c1-22-5-7-23(8-6-22)9-10-24(32)38-19-28(3,17-36-21-31)20-39-26(34)12-14-29-13-11-25(33)37-18-27(2,15-30)16-35-4;1-9-4-6-10(7-5-9)3-2-8-11;1-3-4-10-7-5-9(2)6-8-10;1-3-2/h21-23,29-30H,5-20H2,1-4H3;8-10H,2-7H2,1H3;9-10H,3-8H2,1-2H3;3H2,1-2H3. The van der Waals surface area contributed by atoms with Crippen LogP contribution in [0, 0.1) is 46.3 Å². The Kier molecular flexibility index (Phi) is 36.1. The van der Waals surface area contributed by atoms with Gasteiger partial charge in [0.05, 0.1) is 31.5 Å². The van der Waals surface area contributed by atoms with Gasteiger partial charge in [0.15, 0.2) is 0 Å². The Balaban J connectivity index is 0.00000128. The molecular weight excluding hydrogens is 803 g/mol. The van der Waals surface area contributed by atoms with Gasteiger partial charge in [-0.3, -0.25) is 19.2 Å². The lowest BCUT2D eigenvalue weighted by Crippen LogP contribution is -2.36. The van der Waals surface area contributed by atoms with Gasteiger partial charge in [-0.05, 0) is 55.3 Å². The Bertz CT molecular complexity index is 1160. The lowest BCUT2D eigenvalue weighted by Gasteiger charge is -2.28. The number of nitrogens with one attached hydrogen (secondary N) is 1. The van der Waals surface area contributed by atoms with Crippen LogP contribution in [0.4, 0.5) is 0 Å². The summed E-state index contributed by atoms with van der Waals surface area (Å²) < 4.78 is 25.9. The number of hydrogen-bond acceptors (Lipinski definition) is 12. The van der Waals surface area contributed by atoms with Crippen molar-refractivity contribution in [3.63, 3.8) is 0 Å². The Hall–Kier alpha value is -2.57. The van der Waals surface area contributed by atoms with Crippen LogP contribution in [-0.2, 0) is 47.7 Å². The second kappa shape index (κ2) is 37.6. The molecule has 3 rings (SSSR count). The van der Waals surface area contributed by atoms with E-state index in [0.717, 1.165) is 68.0 Å². The fourth-order valence-electron chi connectivity index (χ4n) is 8.22. The predicted octanol–water partition coefficient (Wildman–Crippen LogP) is 10.2. The number of methoxy groups -OCH3 is 1. The summed E-state index contributed by atoms with van der Waals surface area (Å²) in [5.41, 5.74) is -1.52. The van der Waals surface area contributed by atoms with E-state index in [9.17, 15) is 29.1 Å². The highest BCUT2D eigenvalue weighted by Crippen LogP contribution is 2.33. The summed E-state index contributed by atoms with van der Waals surface area (Å²) in [6.07, 6.45) is 24.6. The van der Waals surface area contributed by atoms with Crippen LogP contribution in [0.3, 0.4) is 0 Å². The van der Waals surface area contributed by atoms with Crippen molar-refractivity contribution in [2.75, 3.05) is 59.8 Å². The Morgan fingerprint density at radius 2 is 0.984 bits per heavy atom. The van der Waals surface area contributed by atoms with Crippen molar-refractivity contribution in [1.29, 1.82) is 0 Å². The summed E-state index contributed by atoms with van der Waals surface area (Å²) in [5, 5.41) is 12.4. The van der Waals surface area contributed by atoms with Crippen LogP contribution < -0.4 is 5.32 Å². The zero-order valence-electron chi connectivity index (χ0n) is 41.7. The molecular formula is C51H95NO11. The highest BCUT2D eigenvalue weighted by atomic mass is 16.6. The summed E-state index contributed by atoms with van der Waals surface area (Å²) in [5.74, 6) is 4.01. The maximum absolute atomic E-state index is 12.3. The molecule has 12 nitrogen and oxygen atoms in total. The van der Waals surface area contributed by atoms with E-state index in [-0.39, 0.29) is 58.5 Å². The molecule has 0 bridgehead atoms. The predicted molar refractivity (Wildman–Crippen MR) is 251 cm³/mol. The van der Waals surface area contributed by atoms with E-state index in [1.165, 1.54) is 90.6 Å². The third-order valence-corrected chi connectivity index (χ3v) is 12.7. The largest absolute Gasteiger partial charge is 0.467 e. The molecule has 0 heterocycles. The summed E-state index contributed by atoms with van der Waals surface area (Å²) in [4.78, 5) is 57.2. The van der Waals surface area contributed by atoms with Gasteiger partial charge in [-0.15, -0.1) is 0 Å². The van der Waals surface area contributed by atoms with E-state index in [1.54, 1.807) is 13.8 Å². The van der Waals surface area contributed by atoms with Gasteiger partial charge >= 0.3 is 17.9 Å². The number of aldehydes is 1. The molecule has 0 saturated heterocycles. The average Bonchev–Trinajstić information content (AvgIpc) is 3.27. The normalized spacial score (nSPS) is 23.8. The van der Waals surface area contributed by atoms with E-state index in [4.69, 9.17) is 23.7 Å². The number of aliphatic hydroxyl groups excluding tert-OH is 1. The number of esters is 3. The van der Waals surface area contributed by atoms with Gasteiger partial charge in [-0.1, -0.05) is 145 Å². The number of hydrogen-bond donors (Lipinski definition) is 2. The fraction of sp³-hybridized carbons (Fsp3) is 0.902. The number of ether oxygens (including phenoxy) is 5. The van der Waals surface area contributed by atoms with Crippen molar-refractivity contribution in [3.8, 4) is 0 Å². The number of aliphatic hydroxyl groups is 1. The first-order valence-corrected chi connectivity index (χ1v) is 24.9. The van der Waals surface area contributed by atoms with E-state index >= 15 is 0 Å². The average molecular weight is 898 g/mol. The highest BCUT2D eigenvalue weighted by Gasteiger charge is 2.30. The van der Waals surface area contributed by atoms with Crippen molar-refractivity contribution >= 4 is 30.7 Å². The van der Waals surface area contributed by atoms with Crippen molar-refractivity contribution < 1.29 is 52.8 Å². The van der Waals surface area contributed by atoms with E-state index in [2.05, 4.69) is 46.9 Å². The molecule has 63 heavy (non-hydrogen) atoms. The van der Waals surface area contributed by atoms with Crippen molar-refractivity contribution in [2.45, 2.75) is 190 Å². The zero-order valence-corrected chi connectivity index (χ0v) is 41.7. The summed E-state index contributed by atoms with van der Waals surface area (Å²) >= 11 is 0. The second-order valence-electron chi connectivity index (χ2n) is 20.0. The number of carbonyl (C=O) groups excluding carboxylic acids is 5. The molecule has 370 valence electrons. The molecule has 2 unspecified atom stereocenters. The van der Waals surface area contributed by atoms with Crippen LogP contribution in [0.5, 0.6) is 0 Å². The molecule has 3 fully saturated rings. The second-order valence-corrected chi connectivity index (χ2v) is 20.0. The molecule has 0 spiro atoms. The molecule has 2 atom stereocenters. The molecule has 3 aliphatic rings. The Labute approximate surface area is 384 Å². The molecule has 2 N–H and O–H groups in total. The van der Waals surface area contributed by atoms with Gasteiger partial charge in [-0.2, -0.15) is 0 Å². The lowest BCUT2D eigenvalue weighted by atomic mass is 9.81. The monoisotopic (exact) mass is 898 g/mol. The number of rotatable bonds is 26. The first-order chi connectivity index (χ1) is 30.1. The summed E-state index contributed by atoms with van der Waals surface area (Å²) in [7, 11) is 1.51. The van der Waals surface area contributed by atoms with Gasteiger partial charge in [0.1, 0.15) is 32.7 Å². The van der Waals surface area contributed by atoms with Gasteiger partial charge < -0.3 is 38.9 Å². The smallest absolute Gasteiger partial charge is 0.307 e. The molecule has 0 aromatic rings. The van der Waals surface area contributed by atoms with Gasteiger partial charge in [0, 0.05) is 38.5 Å². The topological polar surface area (TPSA) is 164 Å². The Morgan fingerprint density at radius 1 is 0.587 bits per heavy atom. The van der Waals surface area contributed by atoms with Crippen LogP contribution in [0.1, 0.15) is 190 Å². The van der Waals surface area contributed by atoms with Crippen molar-refractivity contribution in [3.05, 3.63) is 0 Å². The van der Waals surface area contributed by atoms with Gasteiger partial charge in [-0.25, -0.2) is 0 Å². The van der Waals surface area contributed by atoms with Gasteiger partial charge in [0.2, 0.25) is 0 Å². The van der Waals surface area contributed by atoms with Crippen LogP contribution in [0.25, 0.3) is 0 Å². The minimum atomic E-state index is -0.866. The number of carbonyl (C=O) groups is 5. The third kappa shape index (κ3) is 32.7. The van der Waals surface area contributed by atoms with E-state index < -0.39 is 22.8 Å². The highest BCUT2D eigenvalue weighted by molar-refractivity contribution is 5.70. The quantitative estimate of drug-likeness (QED) is 0.0366.